The highest BCUT2D eigenvalue weighted by atomic mass is 16.5. The zero-order valence-electron chi connectivity index (χ0n) is 14.1. The van der Waals surface area contributed by atoms with Crippen molar-refractivity contribution in [3.63, 3.8) is 0 Å². The summed E-state index contributed by atoms with van der Waals surface area (Å²) in [5.41, 5.74) is 0.903. The van der Waals surface area contributed by atoms with Crippen molar-refractivity contribution < 1.29 is 9.53 Å². The number of fused-ring (bicyclic) bond motifs is 1. The molecule has 2 aliphatic rings. The molecule has 4 heteroatoms. The van der Waals surface area contributed by atoms with Crippen LogP contribution in [0.15, 0.2) is 24.3 Å². The van der Waals surface area contributed by atoms with E-state index < -0.39 is 0 Å². The molecule has 1 saturated heterocycles. The number of carbonyl (C=O) groups excluding carboxylic acids is 1. The molecule has 0 bridgehead atoms. The van der Waals surface area contributed by atoms with Crippen LogP contribution in [0, 0.1) is 5.92 Å². The maximum Gasteiger partial charge on any atom is 0.242 e. The highest BCUT2D eigenvalue weighted by Gasteiger charge is 2.35. The van der Waals surface area contributed by atoms with Crippen LogP contribution < -0.4 is 10.1 Å². The van der Waals surface area contributed by atoms with Crippen molar-refractivity contribution in [1.29, 1.82) is 0 Å². The molecule has 0 spiro atoms. The Kier molecular flexibility index (Phi) is 5.42. The standard InChI is InChI=1S/C19H28N2O2/c1-2-23-18-12-6-4-10-16(18)20-14-19(22)21-13-7-9-15-8-3-5-11-17(15)21/h4,6,10,12,15,17,20H,2-3,5,7-9,11,13-14H2,1H3. The highest BCUT2D eigenvalue weighted by Crippen LogP contribution is 2.35. The SMILES string of the molecule is CCOc1ccccc1NCC(=O)N1CCCC2CCCCC21. The number of carbonyl (C=O) groups is 1. The monoisotopic (exact) mass is 316 g/mol. The van der Waals surface area contributed by atoms with Crippen LogP contribution in [-0.4, -0.2) is 36.5 Å². The van der Waals surface area contributed by atoms with E-state index in [0.29, 0.717) is 19.2 Å². The number of hydrogen-bond donors (Lipinski definition) is 1. The Labute approximate surface area is 139 Å². The Hall–Kier alpha value is -1.71. The van der Waals surface area contributed by atoms with Crippen molar-refractivity contribution in [2.24, 2.45) is 5.92 Å². The molecule has 3 rings (SSSR count). The Bertz CT molecular complexity index is 530. The first-order valence-electron chi connectivity index (χ1n) is 9.04. The van der Waals surface area contributed by atoms with Crippen molar-refractivity contribution in [3.8, 4) is 5.75 Å². The van der Waals surface area contributed by atoms with Gasteiger partial charge in [0.25, 0.3) is 0 Å². The van der Waals surface area contributed by atoms with Gasteiger partial charge in [0.2, 0.25) is 5.91 Å². The van der Waals surface area contributed by atoms with E-state index in [2.05, 4.69) is 10.2 Å². The Balaban J connectivity index is 1.60. The Morgan fingerprint density at radius 1 is 1.22 bits per heavy atom. The predicted octanol–water partition coefficient (Wildman–Crippen LogP) is 3.68. The molecule has 23 heavy (non-hydrogen) atoms. The number of amides is 1. The van der Waals surface area contributed by atoms with E-state index in [1.165, 1.54) is 32.1 Å². The minimum atomic E-state index is 0.230. The van der Waals surface area contributed by atoms with Crippen molar-refractivity contribution in [1.82, 2.24) is 4.90 Å². The summed E-state index contributed by atoms with van der Waals surface area (Å²) >= 11 is 0. The lowest BCUT2D eigenvalue weighted by atomic mass is 9.78. The van der Waals surface area contributed by atoms with E-state index in [0.717, 1.165) is 30.3 Å². The largest absolute Gasteiger partial charge is 0.492 e. The molecule has 1 aromatic carbocycles. The molecule has 1 N–H and O–H groups in total. The fourth-order valence-corrected chi connectivity index (χ4v) is 4.10. The molecule has 2 atom stereocenters. The van der Waals surface area contributed by atoms with Crippen LogP contribution in [0.3, 0.4) is 0 Å². The molecule has 1 saturated carbocycles. The number of hydrogen-bond acceptors (Lipinski definition) is 3. The molecule has 1 amide bonds. The second-order valence-electron chi connectivity index (χ2n) is 6.62. The normalized spacial score (nSPS) is 24.0. The van der Waals surface area contributed by atoms with Gasteiger partial charge in [-0.2, -0.15) is 0 Å². The van der Waals surface area contributed by atoms with Gasteiger partial charge in [0.15, 0.2) is 0 Å². The van der Waals surface area contributed by atoms with Gasteiger partial charge in [-0.15, -0.1) is 0 Å². The number of ether oxygens (including phenoxy) is 1. The number of piperidine rings is 1. The quantitative estimate of drug-likeness (QED) is 0.901. The van der Waals surface area contributed by atoms with E-state index in [4.69, 9.17) is 4.74 Å². The summed E-state index contributed by atoms with van der Waals surface area (Å²) in [4.78, 5) is 14.9. The molecule has 1 aliphatic heterocycles. The molecular weight excluding hydrogens is 288 g/mol. The summed E-state index contributed by atoms with van der Waals surface area (Å²) in [6.45, 7) is 3.88. The van der Waals surface area contributed by atoms with Gasteiger partial charge in [-0.05, 0) is 50.7 Å². The van der Waals surface area contributed by atoms with E-state index >= 15 is 0 Å². The van der Waals surface area contributed by atoms with Crippen LogP contribution in [-0.2, 0) is 4.79 Å². The molecular formula is C19H28N2O2. The molecule has 1 aromatic rings. The molecule has 0 radical (unpaired) electrons. The van der Waals surface area contributed by atoms with Gasteiger partial charge < -0.3 is 15.0 Å². The minimum Gasteiger partial charge on any atom is -0.492 e. The number of likely N-dealkylation sites (tertiary alicyclic amines) is 1. The molecule has 2 unspecified atom stereocenters. The second-order valence-corrected chi connectivity index (χ2v) is 6.62. The fraction of sp³-hybridized carbons (Fsp3) is 0.632. The van der Waals surface area contributed by atoms with Gasteiger partial charge in [0, 0.05) is 12.6 Å². The molecule has 0 aromatic heterocycles. The fourth-order valence-electron chi connectivity index (χ4n) is 4.10. The average Bonchev–Trinajstić information content (AvgIpc) is 2.60. The number of anilines is 1. The third-order valence-corrected chi connectivity index (χ3v) is 5.18. The van der Waals surface area contributed by atoms with Crippen LogP contribution in [0.2, 0.25) is 0 Å². The van der Waals surface area contributed by atoms with Gasteiger partial charge >= 0.3 is 0 Å². The number of para-hydroxylation sites is 2. The third kappa shape index (κ3) is 3.80. The number of nitrogens with zero attached hydrogens (tertiary/aromatic N) is 1. The summed E-state index contributed by atoms with van der Waals surface area (Å²) in [5, 5.41) is 3.27. The van der Waals surface area contributed by atoms with E-state index in [1.54, 1.807) is 0 Å². The van der Waals surface area contributed by atoms with E-state index in [1.807, 2.05) is 31.2 Å². The molecule has 126 valence electrons. The van der Waals surface area contributed by atoms with Crippen molar-refractivity contribution in [2.45, 2.75) is 51.5 Å². The van der Waals surface area contributed by atoms with Crippen molar-refractivity contribution in [2.75, 3.05) is 25.0 Å². The third-order valence-electron chi connectivity index (χ3n) is 5.18. The van der Waals surface area contributed by atoms with Gasteiger partial charge in [-0.3, -0.25) is 4.79 Å². The van der Waals surface area contributed by atoms with Gasteiger partial charge in [0.1, 0.15) is 5.75 Å². The number of nitrogens with one attached hydrogen (secondary N) is 1. The highest BCUT2D eigenvalue weighted by molar-refractivity contribution is 5.82. The smallest absolute Gasteiger partial charge is 0.242 e. The van der Waals surface area contributed by atoms with Crippen molar-refractivity contribution in [3.05, 3.63) is 24.3 Å². The minimum absolute atomic E-state index is 0.230. The van der Waals surface area contributed by atoms with Crippen LogP contribution >= 0.6 is 0 Å². The zero-order valence-corrected chi connectivity index (χ0v) is 14.1. The Morgan fingerprint density at radius 3 is 2.87 bits per heavy atom. The molecule has 2 fully saturated rings. The topological polar surface area (TPSA) is 41.6 Å². The second kappa shape index (κ2) is 7.71. The number of benzene rings is 1. The van der Waals surface area contributed by atoms with Crippen LogP contribution in [0.1, 0.15) is 45.4 Å². The maximum atomic E-state index is 12.7. The number of rotatable bonds is 5. The van der Waals surface area contributed by atoms with Gasteiger partial charge in [-0.25, -0.2) is 0 Å². The maximum absolute atomic E-state index is 12.7. The summed E-state index contributed by atoms with van der Waals surface area (Å²) in [7, 11) is 0. The van der Waals surface area contributed by atoms with Gasteiger partial charge in [0.05, 0.1) is 18.8 Å². The summed E-state index contributed by atoms with van der Waals surface area (Å²) in [6, 6.07) is 8.31. The van der Waals surface area contributed by atoms with E-state index in [-0.39, 0.29) is 5.91 Å². The van der Waals surface area contributed by atoms with E-state index in [9.17, 15) is 4.79 Å². The summed E-state index contributed by atoms with van der Waals surface area (Å²) in [6.07, 6.45) is 7.55. The summed E-state index contributed by atoms with van der Waals surface area (Å²) < 4.78 is 5.61. The summed E-state index contributed by atoms with van der Waals surface area (Å²) in [5.74, 6) is 1.78. The molecule has 1 aliphatic carbocycles. The van der Waals surface area contributed by atoms with Crippen LogP contribution in [0.25, 0.3) is 0 Å². The lowest BCUT2D eigenvalue weighted by Crippen LogP contribution is -2.51. The average molecular weight is 316 g/mol. The first-order chi connectivity index (χ1) is 11.3. The first-order valence-corrected chi connectivity index (χ1v) is 9.04. The first kappa shape index (κ1) is 16.2. The van der Waals surface area contributed by atoms with Crippen LogP contribution in [0.4, 0.5) is 5.69 Å². The predicted molar refractivity (Wildman–Crippen MR) is 92.8 cm³/mol. The Morgan fingerprint density at radius 2 is 2.00 bits per heavy atom. The lowest BCUT2D eigenvalue weighted by Gasteiger charge is -2.44. The molecule has 1 heterocycles. The van der Waals surface area contributed by atoms with Gasteiger partial charge in [-0.1, -0.05) is 25.0 Å². The lowest BCUT2D eigenvalue weighted by molar-refractivity contribution is -0.135. The molecule has 4 nitrogen and oxygen atoms in total. The zero-order chi connectivity index (χ0) is 16.1. The van der Waals surface area contributed by atoms with Crippen molar-refractivity contribution >= 4 is 11.6 Å². The van der Waals surface area contributed by atoms with Crippen LogP contribution in [0.5, 0.6) is 5.75 Å².